The van der Waals surface area contributed by atoms with Gasteiger partial charge in [0.2, 0.25) is 5.91 Å². The van der Waals surface area contributed by atoms with E-state index < -0.39 is 0 Å². The number of aryl methyl sites for hydroxylation is 2. The van der Waals surface area contributed by atoms with Crippen molar-refractivity contribution in [1.29, 1.82) is 0 Å². The highest BCUT2D eigenvalue weighted by Crippen LogP contribution is 2.35. The third-order valence-electron chi connectivity index (χ3n) is 6.28. The molecule has 1 fully saturated rings. The predicted octanol–water partition coefficient (Wildman–Crippen LogP) is 4.21. The third kappa shape index (κ3) is 4.36. The van der Waals surface area contributed by atoms with E-state index in [4.69, 9.17) is 9.47 Å². The van der Waals surface area contributed by atoms with Crippen molar-refractivity contribution in [3.63, 3.8) is 0 Å². The minimum Gasteiger partial charge on any atom is -0.497 e. The Bertz CT molecular complexity index is 1000. The fourth-order valence-corrected chi connectivity index (χ4v) is 4.37. The summed E-state index contributed by atoms with van der Waals surface area (Å²) < 4.78 is 13.1. The lowest BCUT2D eigenvalue weighted by molar-refractivity contribution is -0.121. The van der Waals surface area contributed by atoms with Gasteiger partial charge in [-0.05, 0) is 61.0 Å². The van der Waals surface area contributed by atoms with Crippen LogP contribution in [0.25, 0.3) is 10.9 Å². The fraction of sp³-hybridized carbons (Fsp3) is 0.400. The van der Waals surface area contributed by atoms with Crippen LogP contribution in [0.4, 0.5) is 0 Å². The highest BCUT2D eigenvalue weighted by Gasteiger charge is 2.34. The Hall–Kier alpha value is -2.79. The molecule has 1 N–H and O–H groups in total. The largest absolute Gasteiger partial charge is 0.497 e. The molecule has 2 aromatic carbocycles. The number of benzene rings is 2. The number of aromatic nitrogens is 1. The van der Waals surface area contributed by atoms with Gasteiger partial charge in [-0.3, -0.25) is 4.79 Å². The summed E-state index contributed by atoms with van der Waals surface area (Å²) in [5.74, 6) is 0.933. The summed E-state index contributed by atoms with van der Waals surface area (Å²) in [6.45, 7) is 4.84. The van der Waals surface area contributed by atoms with E-state index in [1.54, 1.807) is 7.11 Å². The maximum atomic E-state index is 12.7. The summed E-state index contributed by atoms with van der Waals surface area (Å²) in [7, 11) is 1.68. The predicted molar refractivity (Wildman–Crippen MR) is 119 cm³/mol. The first-order chi connectivity index (χ1) is 14.6. The van der Waals surface area contributed by atoms with Gasteiger partial charge in [0.15, 0.2) is 0 Å². The molecular weight excluding hydrogens is 376 g/mol. The maximum Gasteiger partial charge on any atom is 0.221 e. The molecule has 3 aromatic rings. The van der Waals surface area contributed by atoms with Crippen LogP contribution in [-0.4, -0.2) is 37.3 Å². The van der Waals surface area contributed by atoms with Crippen LogP contribution in [0.15, 0.2) is 54.7 Å². The minimum atomic E-state index is -0.0855. The smallest absolute Gasteiger partial charge is 0.221 e. The SMILES string of the molecule is COc1ccc(C2(CNC(=O)CCn3ccc4cc(C)ccc43)CCOCC2)cc1. The minimum absolute atomic E-state index is 0.0855. The Balaban J connectivity index is 1.39. The molecule has 158 valence electrons. The summed E-state index contributed by atoms with van der Waals surface area (Å²) >= 11 is 0. The first kappa shape index (κ1) is 20.5. The number of methoxy groups -OCH3 is 1. The normalized spacial score (nSPS) is 15.8. The van der Waals surface area contributed by atoms with Crippen molar-refractivity contribution in [2.24, 2.45) is 0 Å². The van der Waals surface area contributed by atoms with Gasteiger partial charge in [0.1, 0.15) is 5.75 Å². The van der Waals surface area contributed by atoms with E-state index in [1.165, 1.54) is 22.0 Å². The second kappa shape index (κ2) is 8.92. The maximum absolute atomic E-state index is 12.7. The van der Waals surface area contributed by atoms with Gasteiger partial charge >= 0.3 is 0 Å². The average Bonchev–Trinajstić information content (AvgIpc) is 3.19. The van der Waals surface area contributed by atoms with E-state index in [0.29, 0.717) is 19.5 Å². The van der Waals surface area contributed by atoms with Gasteiger partial charge in [0.05, 0.1) is 7.11 Å². The van der Waals surface area contributed by atoms with Gasteiger partial charge in [-0.1, -0.05) is 23.8 Å². The molecule has 0 spiro atoms. The van der Waals surface area contributed by atoms with Gasteiger partial charge in [-0.2, -0.15) is 0 Å². The van der Waals surface area contributed by atoms with Crippen molar-refractivity contribution in [2.75, 3.05) is 26.9 Å². The Morgan fingerprint density at radius 2 is 1.90 bits per heavy atom. The van der Waals surface area contributed by atoms with Crippen molar-refractivity contribution in [1.82, 2.24) is 9.88 Å². The van der Waals surface area contributed by atoms with E-state index in [1.807, 2.05) is 12.1 Å². The molecule has 5 nitrogen and oxygen atoms in total. The molecule has 5 heteroatoms. The van der Waals surface area contributed by atoms with Gasteiger partial charge in [-0.25, -0.2) is 0 Å². The van der Waals surface area contributed by atoms with Gasteiger partial charge < -0.3 is 19.4 Å². The molecule has 30 heavy (non-hydrogen) atoms. The summed E-state index contributed by atoms with van der Waals surface area (Å²) in [4.78, 5) is 12.7. The van der Waals surface area contributed by atoms with Crippen molar-refractivity contribution in [3.05, 3.63) is 65.9 Å². The fourth-order valence-electron chi connectivity index (χ4n) is 4.37. The molecule has 0 atom stereocenters. The van der Waals surface area contributed by atoms with E-state index in [-0.39, 0.29) is 11.3 Å². The number of fused-ring (bicyclic) bond motifs is 1. The zero-order valence-corrected chi connectivity index (χ0v) is 17.8. The van der Waals surface area contributed by atoms with Crippen LogP contribution in [0.5, 0.6) is 5.75 Å². The summed E-state index contributed by atoms with van der Waals surface area (Å²) in [5.41, 5.74) is 3.57. The average molecular weight is 407 g/mol. The number of amides is 1. The lowest BCUT2D eigenvalue weighted by atomic mass is 9.74. The molecule has 0 bridgehead atoms. The van der Waals surface area contributed by atoms with Gasteiger partial charge in [-0.15, -0.1) is 0 Å². The Morgan fingerprint density at radius 1 is 1.13 bits per heavy atom. The number of carbonyl (C=O) groups excluding carboxylic acids is 1. The van der Waals surface area contributed by atoms with E-state index >= 15 is 0 Å². The van der Waals surface area contributed by atoms with Gasteiger partial charge in [0, 0.05) is 49.9 Å². The molecule has 0 aliphatic carbocycles. The molecule has 4 rings (SSSR count). The number of carbonyl (C=O) groups is 1. The van der Waals surface area contributed by atoms with Crippen molar-refractivity contribution < 1.29 is 14.3 Å². The number of nitrogens with zero attached hydrogens (tertiary/aromatic N) is 1. The molecule has 1 aliphatic rings. The van der Waals surface area contributed by atoms with E-state index in [9.17, 15) is 4.79 Å². The van der Waals surface area contributed by atoms with E-state index in [2.05, 4.69) is 59.4 Å². The van der Waals surface area contributed by atoms with Gasteiger partial charge in [0.25, 0.3) is 0 Å². The molecule has 0 radical (unpaired) electrons. The second-order valence-corrected chi connectivity index (χ2v) is 8.22. The van der Waals surface area contributed by atoms with E-state index in [0.717, 1.165) is 31.8 Å². The number of nitrogens with one attached hydrogen (secondary N) is 1. The highest BCUT2D eigenvalue weighted by molar-refractivity contribution is 5.81. The first-order valence-corrected chi connectivity index (χ1v) is 10.6. The van der Waals surface area contributed by atoms with Crippen molar-refractivity contribution in [2.45, 2.75) is 38.1 Å². The summed E-state index contributed by atoms with van der Waals surface area (Å²) in [6, 6.07) is 16.7. The molecule has 1 amide bonds. The van der Waals surface area contributed by atoms with Crippen LogP contribution in [0.1, 0.15) is 30.4 Å². The summed E-state index contributed by atoms with van der Waals surface area (Å²) in [6.07, 6.45) is 4.34. The van der Waals surface area contributed by atoms with Crippen LogP contribution in [0.3, 0.4) is 0 Å². The number of hydrogen-bond acceptors (Lipinski definition) is 3. The number of ether oxygens (including phenoxy) is 2. The second-order valence-electron chi connectivity index (χ2n) is 8.22. The topological polar surface area (TPSA) is 52.5 Å². The van der Waals surface area contributed by atoms with Crippen LogP contribution in [0, 0.1) is 6.92 Å². The molecule has 1 aromatic heterocycles. The number of hydrogen-bond donors (Lipinski definition) is 1. The highest BCUT2D eigenvalue weighted by atomic mass is 16.5. The van der Waals surface area contributed by atoms with Crippen LogP contribution in [0.2, 0.25) is 0 Å². The zero-order valence-electron chi connectivity index (χ0n) is 17.8. The lowest BCUT2D eigenvalue weighted by Gasteiger charge is -2.38. The first-order valence-electron chi connectivity index (χ1n) is 10.6. The molecular formula is C25H30N2O3. The molecule has 0 unspecified atom stereocenters. The molecule has 1 aliphatic heterocycles. The summed E-state index contributed by atoms with van der Waals surface area (Å²) in [5, 5.41) is 4.42. The Kier molecular flexibility index (Phi) is 6.09. The van der Waals surface area contributed by atoms with Crippen LogP contribution < -0.4 is 10.1 Å². The third-order valence-corrected chi connectivity index (χ3v) is 6.28. The Labute approximate surface area is 178 Å². The van der Waals surface area contributed by atoms with Crippen LogP contribution >= 0.6 is 0 Å². The molecule has 1 saturated heterocycles. The molecule has 2 heterocycles. The lowest BCUT2D eigenvalue weighted by Crippen LogP contribution is -2.44. The number of rotatable bonds is 7. The zero-order chi connectivity index (χ0) is 21.0. The Morgan fingerprint density at radius 3 is 2.63 bits per heavy atom. The monoisotopic (exact) mass is 406 g/mol. The standard InChI is InChI=1S/C25H30N2O3/c1-19-3-8-23-20(17-19)9-13-27(23)14-10-24(28)26-18-25(11-15-30-16-12-25)21-4-6-22(29-2)7-5-21/h3-9,13,17H,10-12,14-16,18H2,1-2H3,(H,26,28). The molecule has 0 saturated carbocycles. The quantitative estimate of drug-likeness (QED) is 0.639. The van der Waals surface area contributed by atoms with Crippen molar-refractivity contribution in [3.8, 4) is 5.75 Å². The van der Waals surface area contributed by atoms with Crippen LogP contribution in [-0.2, 0) is 21.5 Å². The van der Waals surface area contributed by atoms with Crippen molar-refractivity contribution >= 4 is 16.8 Å².